The van der Waals surface area contributed by atoms with Gasteiger partial charge < -0.3 is 14.2 Å². The van der Waals surface area contributed by atoms with Crippen molar-refractivity contribution in [1.82, 2.24) is 0 Å². The van der Waals surface area contributed by atoms with Crippen molar-refractivity contribution in [3.8, 4) is 0 Å². The monoisotopic (exact) mass is 935 g/mol. The van der Waals surface area contributed by atoms with Crippen LogP contribution in [0.3, 0.4) is 0 Å². The van der Waals surface area contributed by atoms with E-state index in [9.17, 15) is 14.4 Å². The van der Waals surface area contributed by atoms with Gasteiger partial charge in [-0.1, -0.05) is 254 Å². The SMILES string of the molecule is CC/C=C\C/C=C\C/C=C\C/C=C\C/C=C\CCC(=O)OC(COC(=O)CCCCCCC/C=C\CCCCCCCCCCC)COC(=O)CCCCCCCCCCCCCCCCC. The minimum absolute atomic E-state index is 0.105. The normalized spacial score (nSPS) is 12.6. The van der Waals surface area contributed by atoms with Gasteiger partial charge in [-0.05, 0) is 77.0 Å². The van der Waals surface area contributed by atoms with Crippen LogP contribution in [0.15, 0.2) is 72.9 Å². The van der Waals surface area contributed by atoms with Crippen LogP contribution < -0.4 is 0 Å². The van der Waals surface area contributed by atoms with Gasteiger partial charge in [0.25, 0.3) is 0 Å². The highest BCUT2D eigenvalue weighted by atomic mass is 16.6. The second-order valence-corrected chi connectivity index (χ2v) is 18.8. The number of hydrogen-bond donors (Lipinski definition) is 0. The second kappa shape index (κ2) is 55.4. The van der Waals surface area contributed by atoms with Crippen molar-refractivity contribution in [2.45, 2.75) is 284 Å². The maximum Gasteiger partial charge on any atom is 0.306 e. The highest BCUT2D eigenvalue weighted by Crippen LogP contribution is 2.16. The topological polar surface area (TPSA) is 78.9 Å². The van der Waals surface area contributed by atoms with Crippen molar-refractivity contribution in [2.75, 3.05) is 13.2 Å². The molecule has 6 nitrogen and oxygen atoms in total. The van der Waals surface area contributed by atoms with E-state index < -0.39 is 12.1 Å². The Kier molecular flexibility index (Phi) is 52.8. The summed E-state index contributed by atoms with van der Waals surface area (Å²) in [6.45, 7) is 6.48. The van der Waals surface area contributed by atoms with E-state index in [-0.39, 0.29) is 31.6 Å². The van der Waals surface area contributed by atoms with E-state index in [4.69, 9.17) is 14.2 Å². The molecule has 0 bridgehead atoms. The Bertz CT molecular complexity index is 1260. The van der Waals surface area contributed by atoms with Gasteiger partial charge in [-0.25, -0.2) is 0 Å². The molecular weight excluding hydrogens is 829 g/mol. The van der Waals surface area contributed by atoms with Crippen LogP contribution in [0.2, 0.25) is 0 Å². The van der Waals surface area contributed by atoms with E-state index in [1.54, 1.807) is 0 Å². The lowest BCUT2D eigenvalue weighted by Crippen LogP contribution is -2.30. The molecular formula is C61H106O6. The summed E-state index contributed by atoms with van der Waals surface area (Å²) in [5.41, 5.74) is 0. The number of unbranched alkanes of at least 4 members (excludes halogenated alkanes) is 28. The Morgan fingerprint density at radius 2 is 0.612 bits per heavy atom. The molecule has 1 atom stereocenters. The molecule has 0 amide bonds. The minimum Gasteiger partial charge on any atom is -0.462 e. The van der Waals surface area contributed by atoms with Gasteiger partial charge in [-0.2, -0.15) is 0 Å². The second-order valence-electron chi connectivity index (χ2n) is 18.8. The van der Waals surface area contributed by atoms with Gasteiger partial charge in [0.15, 0.2) is 6.10 Å². The third kappa shape index (κ3) is 53.7. The van der Waals surface area contributed by atoms with Crippen molar-refractivity contribution in [1.29, 1.82) is 0 Å². The molecule has 0 aliphatic carbocycles. The Labute approximate surface area is 414 Å². The Hall–Kier alpha value is -3.15. The molecule has 1 unspecified atom stereocenters. The van der Waals surface area contributed by atoms with E-state index in [2.05, 4.69) is 87.6 Å². The predicted molar refractivity (Wildman–Crippen MR) is 288 cm³/mol. The van der Waals surface area contributed by atoms with Gasteiger partial charge >= 0.3 is 17.9 Å². The maximum atomic E-state index is 12.8. The van der Waals surface area contributed by atoms with Gasteiger partial charge in [0.1, 0.15) is 13.2 Å². The molecule has 0 aromatic heterocycles. The molecule has 0 saturated heterocycles. The van der Waals surface area contributed by atoms with Gasteiger partial charge in [0.05, 0.1) is 0 Å². The van der Waals surface area contributed by atoms with Crippen LogP contribution >= 0.6 is 0 Å². The average Bonchev–Trinajstić information content (AvgIpc) is 3.33. The van der Waals surface area contributed by atoms with Gasteiger partial charge in [0, 0.05) is 19.3 Å². The van der Waals surface area contributed by atoms with E-state index in [1.165, 1.54) is 154 Å². The lowest BCUT2D eigenvalue weighted by molar-refractivity contribution is -0.166. The average molecular weight is 936 g/mol. The molecule has 0 radical (unpaired) electrons. The highest BCUT2D eigenvalue weighted by Gasteiger charge is 2.19. The lowest BCUT2D eigenvalue weighted by atomic mass is 10.0. The first-order valence-electron chi connectivity index (χ1n) is 28.4. The van der Waals surface area contributed by atoms with Crippen molar-refractivity contribution >= 4 is 17.9 Å². The summed E-state index contributed by atoms with van der Waals surface area (Å²) >= 11 is 0. The van der Waals surface area contributed by atoms with Crippen molar-refractivity contribution in [3.63, 3.8) is 0 Å². The Morgan fingerprint density at radius 1 is 0.313 bits per heavy atom. The first-order chi connectivity index (χ1) is 33.0. The molecule has 0 spiro atoms. The summed E-state index contributed by atoms with van der Waals surface area (Å²) < 4.78 is 16.8. The van der Waals surface area contributed by atoms with Crippen LogP contribution in [0.25, 0.3) is 0 Å². The molecule has 0 fully saturated rings. The van der Waals surface area contributed by atoms with Crippen LogP contribution in [0, 0.1) is 0 Å². The van der Waals surface area contributed by atoms with Gasteiger partial charge in [-0.3, -0.25) is 14.4 Å². The van der Waals surface area contributed by atoms with Gasteiger partial charge in [-0.15, -0.1) is 0 Å². The van der Waals surface area contributed by atoms with Crippen LogP contribution in [0.1, 0.15) is 278 Å². The van der Waals surface area contributed by atoms with E-state index in [1.807, 2.05) is 6.08 Å². The third-order valence-electron chi connectivity index (χ3n) is 12.2. The maximum absolute atomic E-state index is 12.8. The molecule has 0 N–H and O–H groups in total. The summed E-state index contributed by atoms with van der Waals surface area (Å²) in [6, 6.07) is 0. The smallest absolute Gasteiger partial charge is 0.306 e. The number of carbonyl (C=O) groups is 3. The number of esters is 3. The molecule has 67 heavy (non-hydrogen) atoms. The largest absolute Gasteiger partial charge is 0.462 e. The fourth-order valence-electron chi connectivity index (χ4n) is 7.96. The summed E-state index contributed by atoms with van der Waals surface area (Å²) in [5.74, 6) is -0.989. The van der Waals surface area contributed by atoms with E-state index in [0.29, 0.717) is 19.3 Å². The number of rotatable bonds is 51. The molecule has 0 heterocycles. The quantitative estimate of drug-likeness (QED) is 0.0262. The number of allylic oxidation sites excluding steroid dienone is 12. The zero-order valence-corrected chi connectivity index (χ0v) is 44.2. The Balaban J connectivity index is 4.46. The minimum atomic E-state index is -0.816. The molecule has 6 heteroatoms. The number of ether oxygens (including phenoxy) is 3. The first kappa shape index (κ1) is 63.8. The molecule has 0 aromatic rings. The molecule has 0 aliphatic rings. The summed E-state index contributed by atoms with van der Waals surface area (Å²) in [4.78, 5) is 38.1. The van der Waals surface area contributed by atoms with Crippen molar-refractivity contribution < 1.29 is 28.6 Å². The number of hydrogen-bond acceptors (Lipinski definition) is 6. The molecule has 0 saturated carbocycles. The fourth-order valence-corrected chi connectivity index (χ4v) is 7.96. The van der Waals surface area contributed by atoms with Gasteiger partial charge in [0.2, 0.25) is 0 Å². The predicted octanol–water partition coefficient (Wildman–Crippen LogP) is 19.0. The lowest BCUT2D eigenvalue weighted by Gasteiger charge is -2.18. The van der Waals surface area contributed by atoms with E-state index in [0.717, 1.165) is 77.0 Å². The zero-order chi connectivity index (χ0) is 48.6. The molecule has 0 aliphatic heterocycles. The van der Waals surface area contributed by atoms with Crippen molar-refractivity contribution in [3.05, 3.63) is 72.9 Å². The van der Waals surface area contributed by atoms with Crippen LogP contribution in [0.5, 0.6) is 0 Å². The number of carbonyl (C=O) groups excluding carboxylic acids is 3. The summed E-state index contributed by atoms with van der Waals surface area (Å²) in [5, 5.41) is 0. The van der Waals surface area contributed by atoms with Crippen LogP contribution in [-0.4, -0.2) is 37.2 Å². The van der Waals surface area contributed by atoms with E-state index >= 15 is 0 Å². The standard InChI is InChI=1S/C61H106O6/c1-4-7-10-13-16-19-22-25-28-30-31-34-36-39-42-45-48-51-54-60(63)66-57-58(56-65-59(62)53-50-47-44-41-38-35-32-27-24-21-18-15-12-9-6-3)67-61(64)55-52-49-46-43-40-37-33-29-26-23-20-17-14-11-8-5-2/h8,11,17,20,26,29,31,34,37,40,46,49,58H,4-7,9-10,12-16,18-19,21-25,27-28,30,32-33,35-36,38-39,41-45,47-48,50-57H2,1-3H3/b11-8-,20-17-,29-26-,34-31-,40-37-,49-46-. The first-order valence-corrected chi connectivity index (χ1v) is 28.4. The Morgan fingerprint density at radius 3 is 0.970 bits per heavy atom. The summed E-state index contributed by atoms with van der Waals surface area (Å²) in [7, 11) is 0. The molecule has 0 rings (SSSR count). The molecule has 0 aromatic carbocycles. The summed E-state index contributed by atoms with van der Waals surface area (Å²) in [6.07, 6.45) is 70.5. The fraction of sp³-hybridized carbons (Fsp3) is 0.754. The van der Waals surface area contributed by atoms with Crippen LogP contribution in [0.4, 0.5) is 0 Å². The molecule has 386 valence electrons. The van der Waals surface area contributed by atoms with Crippen molar-refractivity contribution in [2.24, 2.45) is 0 Å². The zero-order valence-electron chi connectivity index (χ0n) is 44.2. The highest BCUT2D eigenvalue weighted by molar-refractivity contribution is 5.71. The van der Waals surface area contributed by atoms with Crippen LogP contribution in [-0.2, 0) is 28.6 Å². The third-order valence-corrected chi connectivity index (χ3v) is 12.2.